The maximum atomic E-state index is 12.1. The Morgan fingerprint density at radius 3 is 2.39 bits per heavy atom. The van der Waals surface area contributed by atoms with Crippen molar-refractivity contribution >= 4 is 23.0 Å². The molecule has 0 atom stereocenters. The normalized spacial score (nSPS) is 10.5. The van der Waals surface area contributed by atoms with Crippen molar-refractivity contribution in [2.45, 2.75) is 27.0 Å². The summed E-state index contributed by atoms with van der Waals surface area (Å²) < 4.78 is 28.5. The van der Waals surface area contributed by atoms with Crippen LogP contribution in [0.3, 0.4) is 0 Å². The number of rotatable bonds is 5. The van der Waals surface area contributed by atoms with Crippen LogP contribution >= 0.6 is 12.2 Å². The summed E-state index contributed by atoms with van der Waals surface area (Å²) in [6.45, 7) is 1.77. The molecule has 0 saturated carbocycles. The van der Waals surface area contributed by atoms with Gasteiger partial charge >= 0.3 is 6.61 Å². The van der Waals surface area contributed by atoms with Crippen molar-refractivity contribution in [2.24, 2.45) is 0 Å². The van der Waals surface area contributed by atoms with Crippen LogP contribution in [0, 0.1) is 13.8 Å². The van der Waals surface area contributed by atoms with Crippen LogP contribution in [0.25, 0.3) is 0 Å². The zero-order valence-electron chi connectivity index (χ0n) is 12.9. The van der Waals surface area contributed by atoms with Gasteiger partial charge < -0.3 is 15.4 Å². The van der Waals surface area contributed by atoms with Gasteiger partial charge in [-0.1, -0.05) is 18.2 Å². The topological polar surface area (TPSA) is 33.3 Å². The number of thiocarbonyl (C=S) groups is 1. The van der Waals surface area contributed by atoms with E-state index >= 15 is 0 Å². The Kier molecular flexibility index (Phi) is 5.87. The van der Waals surface area contributed by atoms with E-state index in [-0.39, 0.29) is 5.75 Å². The van der Waals surface area contributed by atoms with E-state index < -0.39 is 6.61 Å². The number of anilines is 1. The first-order valence-corrected chi connectivity index (χ1v) is 7.51. The fourth-order valence-electron chi connectivity index (χ4n) is 1.97. The maximum Gasteiger partial charge on any atom is 0.387 e. The van der Waals surface area contributed by atoms with E-state index in [4.69, 9.17) is 12.2 Å². The third-order valence-corrected chi connectivity index (χ3v) is 3.61. The molecule has 2 N–H and O–H groups in total. The second-order valence-corrected chi connectivity index (χ2v) is 5.54. The molecule has 0 saturated heterocycles. The van der Waals surface area contributed by atoms with Gasteiger partial charge in [-0.3, -0.25) is 0 Å². The van der Waals surface area contributed by atoms with Crippen LogP contribution in [0.2, 0.25) is 0 Å². The van der Waals surface area contributed by atoms with Crippen LogP contribution in [0.15, 0.2) is 42.5 Å². The van der Waals surface area contributed by atoms with Crippen molar-refractivity contribution in [2.75, 3.05) is 5.32 Å². The zero-order chi connectivity index (χ0) is 16.8. The molecule has 0 aliphatic heterocycles. The van der Waals surface area contributed by atoms with Gasteiger partial charge in [0.15, 0.2) is 5.11 Å². The highest BCUT2D eigenvalue weighted by Gasteiger charge is 2.04. The molecule has 2 aromatic carbocycles. The molecule has 6 heteroatoms. The number of halogens is 2. The lowest BCUT2D eigenvalue weighted by atomic mass is 10.1. The molecule has 0 unspecified atom stereocenters. The van der Waals surface area contributed by atoms with E-state index in [1.165, 1.54) is 23.3 Å². The lowest BCUT2D eigenvalue weighted by Crippen LogP contribution is -2.27. The first-order chi connectivity index (χ1) is 10.9. The second-order valence-electron chi connectivity index (χ2n) is 5.13. The van der Waals surface area contributed by atoms with Gasteiger partial charge in [0.1, 0.15) is 5.75 Å². The lowest BCUT2D eigenvalue weighted by molar-refractivity contribution is -0.0498. The van der Waals surface area contributed by atoms with Gasteiger partial charge in [0, 0.05) is 12.2 Å². The number of aryl methyl sites for hydroxylation is 2. The Labute approximate surface area is 139 Å². The van der Waals surface area contributed by atoms with Crippen molar-refractivity contribution in [1.29, 1.82) is 0 Å². The average Bonchev–Trinajstić information content (AvgIpc) is 2.50. The van der Waals surface area contributed by atoms with Crippen molar-refractivity contribution in [3.05, 3.63) is 59.2 Å². The molecule has 2 aromatic rings. The van der Waals surface area contributed by atoms with Gasteiger partial charge in [-0.25, -0.2) is 0 Å². The van der Waals surface area contributed by atoms with Crippen molar-refractivity contribution in [1.82, 2.24) is 5.32 Å². The smallest absolute Gasteiger partial charge is 0.387 e. The molecule has 3 nitrogen and oxygen atoms in total. The van der Waals surface area contributed by atoms with Crippen molar-refractivity contribution < 1.29 is 13.5 Å². The fourth-order valence-corrected chi connectivity index (χ4v) is 2.16. The van der Waals surface area contributed by atoms with Crippen LogP contribution in [-0.2, 0) is 6.54 Å². The number of nitrogens with one attached hydrogen (secondary N) is 2. The van der Waals surface area contributed by atoms with Crippen LogP contribution < -0.4 is 15.4 Å². The highest BCUT2D eigenvalue weighted by Crippen LogP contribution is 2.15. The Morgan fingerprint density at radius 2 is 1.78 bits per heavy atom. The van der Waals surface area contributed by atoms with E-state index in [9.17, 15) is 8.78 Å². The van der Waals surface area contributed by atoms with Crippen LogP contribution in [0.1, 0.15) is 16.7 Å². The number of alkyl halides is 2. The van der Waals surface area contributed by atoms with Crippen LogP contribution in [-0.4, -0.2) is 11.7 Å². The molecule has 0 aliphatic rings. The molecular formula is C17H18F2N2OS. The molecule has 122 valence electrons. The summed E-state index contributed by atoms with van der Waals surface area (Å²) in [5.74, 6) is 0.139. The van der Waals surface area contributed by atoms with Crippen molar-refractivity contribution in [3.8, 4) is 5.75 Å². The van der Waals surface area contributed by atoms with Gasteiger partial charge in [0.05, 0.1) is 0 Å². The molecule has 0 aliphatic carbocycles. The van der Waals surface area contributed by atoms with Gasteiger partial charge in [-0.15, -0.1) is 0 Å². The first-order valence-electron chi connectivity index (χ1n) is 7.10. The lowest BCUT2D eigenvalue weighted by Gasteiger charge is -2.12. The summed E-state index contributed by atoms with van der Waals surface area (Å²) in [6.07, 6.45) is 0. The number of benzene rings is 2. The third kappa shape index (κ3) is 5.49. The molecular weight excluding hydrogens is 318 g/mol. The molecule has 0 heterocycles. The summed E-state index contributed by atoms with van der Waals surface area (Å²) in [6, 6.07) is 12.5. The monoisotopic (exact) mass is 336 g/mol. The van der Waals surface area contributed by atoms with Crippen LogP contribution in [0.5, 0.6) is 5.75 Å². The van der Waals surface area contributed by atoms with Crippen LogP contribution in [0.4, 0.5) is 14.5 Å². The van der Waals surface area contributed by atoms with E-state index in [1.54, 1.807) is 12.1 Å². The number of ether oxygens (including phenoxy) is 1. The third-order valence-electron chi connectivity index (χ3n) is 3.37. The van der Waals surface area contributed by atoms with Gasteiger partial charge in [0.2, 0.25) is 0 Å². The van der Waals surface area contributed by atoms with Crippen molar-refractivity contribution in [3.63, 3.8) is 0 Å². The molecule has 0 amide bonds. The molecule has 0 spiro atoms. The SMILES string of the molecule is Cc1ccc(NC(=S)NCc2ccc(OC(F)F)cc2)cc1C. The molecule has 0 aromatic heterocycles. The van der Waals surface area contributed by atoms with Gasteiger partial charge in [0.25, 0.3) is 0 Å². The predicted octanol–water partition coefficient (Wildman–Crippen LogP) is 4.39. The summed E-state index contributed by atoms with van der Waals surface area (Å²) in [7, 11) is 0. The quantitative estimate of drug-likeness (QED) is 0.794. The van der Waals surface area contributed by atoms with E-state index in [0.717, 1.165) is 11.3 Å². The molecule has 23 heavy (non-hydrogen) atoms. The average molecular weight is 336 g/mol. The number of hydrogen-bond acceptors (Lipinski definition) is 2. The standard InChI is InChI=1S/C17H18F2N2OS/c1-11-3-6-14(9-12(11)2)21-17(23)20-10-13-4-7-15(8-5-13)22-16(18)19/h3-9,16H,10H2,1-2H3,(H2,20,21,23). The molecule has 0 bridgehead atoms. The minimum Gasteiger partial charge on any atom is -0.435 e. The van der Waals surface area contributed by atoms with Gasteiger partial charge in [-0.05, 0) is 67.0 Å². The largest absolute Gasteiger partial charge is 0.435 e. The van der Waals surface area contributed by atoms with Gasteiger partial charge in [-0.2, -0.15) is 8.78 Å². The highest BCUT2D eigenvalue weighted by molar-refractivity contribution is 7.80. The van der Waals surface area contributed by atoms with E-state index in [0.29, 0.717) is 11.7 Å². The Bertz CT molecular complexity index is 675. The highest BCUT2D eigenvalue weighted by atomic mass is 32.1. The Hall–Kier alpha value is -2.21. The maximum absolute atomic E-state index is 12.1. The summed E-state index contributed by atoms with van der Waals surface area (Å²) >= 11 is 5.25. The second kappa shape index (κ2) is 7.87. The fraction of sp³-hybridized carbons (Fsp3) is 0.235. The summed E-state index contributed by atoms with van der Waals surface area (Å²) in [5, 5.41) is 6.69. The molecule has 0 fully saturated rings. The summed E-state index contributed by atoms with van der Waals surface area (Å²) in [4.78, 5) is 0. The Morgan fingerprint density at radius 1 is 1.09 bits per heavy atom. The first kappa shape index (κ1) is 17.1. The molecule has 0 radical (unpaired) electrons. The Balaban J connectivity index is 1.85. The molecule has 2 rings (SSSR count). The minimum atomic E-state index is -2.81. The summed E-state index contributed by atoms with van der Waals surface area (Å²) in [5.41, 5.74) is 4.25. The number of hydrogen-bond donors (Lipinski definition) is 2. The predicted molar refractivity (Wildman–Crippen MR) is 92.1 cm³/mol. The van der Waals surface area contributed by atoms with E-state index in [1.807, 2.05) is 25.1 Å². The zero-order valence-corrected chi connectivity index (χ0v) is 13.7. The van der Waals surface area contributed by atoms with E-state index in [2.05, 4.69) is 22.3 Å². The minimum absolute atomic E-state index is 0.139.